The fourth-order valence-electron chi connectivity index (χ4n) is 0.776. The number of alkyl halides is 3. The number of hydrogen-bond acceptors (Lipinski definition) is 3. The lowest BCUT2D eigenvalue weighted by Crippen LogP contribution is -2.45. The van der Waals surface area contributed by atoms with Gasteiger partial charge in [0, 0.05) is 0 Å². The number of hydrogen-bond donors (Lipinski definition) is 2. The average Bonchev–Trinajstić information content (AvgIpc) is 1.95. The molecule has 0 fully saturated rings. The summed E-state index contributed by atoms with van der Waals surface area (Å²) in [5.41, 5.74) is -2.75. The van der Waals surface area contributed by atoms with E-state index in [9.17, 15) is 14.4 Å². The molecule has 1 aromatic heterocycles. The molecule has 0 aromatic carbocycles. The topological polar surface area (TPSA) is 87.7 Å². The Balaban J connectivity index is 3.30. The number of H-pyrrole nitrogens is 2. The van der Waals surface area contributed by atoms with Crippen LogP contribution in [0.5, 0.6) is 0 Å². The summed E-state index contributed by atoms with van der Waals surface area (Å²) in [5, 5.41) is 0. The third kappa shape index (κ3) is 2.90. The normalized spacial score (nSPS) is 11.6. The highest BCUT2D eigenvalue weighted by Gasteiger charge is 2.22. The van der Waals surface area contributed by atoms with Gasteiger partial charge in [0.15, 0.2) is 0 Å². The molecule has 0 aliphatic carbocycles. The minimum atomic E-state index is -1.78. The van der Waals surface area contributed by atoms with E-state index in [0.29, 0.717) is 4.57 Å². The van der Waals surface area contributed by atoms with Gasteiger partial charge in [0.25, 0.3) is 0 Å². The molecule has 14 heavy (non-hydrogen) atoms. The zero-order valence-electron chi connectivity index (χ0n) is 6.51. The molecule has 6 nitrogen and oxygen atoms in total. The Morgan fingerprint density at radius 2 is 1.50 bits per heavy atom. The highest BCUT2D eigenvalue weighted by Crippen LogP contribution is 2.26. The quantitative estimate of drug-likeness (QED) is 0.673. The van der Waals surface area contributed by atoms with Crippen molar-refractivity contribution >= 4 is 34.8 Å². The Labute approximate surface area is 91.4 Å². The van der Waals surface area contributed by atoms with Gasteiger partial charge in [-0.3, -0.25) is 9.97 Å². The molecule has 2 N–H and O–H groups in total. The molecular formula is C5H4Cl3N3O3. The maximum Gasteiger partial charge on any atom is 0.333 e. The van der Waals surface area contributed by atoms with Crippen LogP contribution in [0.15, 0.2) is 14.4 Å². The van der Waals surface area contributed by atoms with Gasteiger partial charge in [-0.05, 0) is 0 Å². The fraction of sp³-hybridized carbons (Fsp3) is 0.400. The molecule has 1 heterocycles. The molecule has 0 aliphatic rings. The van der Waals surface area contributed by atoms with Crippen molar-refractivity contribution in [1.29, 1.82) is 0 Å². The maximum absolute atomic E-state index is 11.1. The van der Waals surface area contributed by atoms with Gasteiger partial charge in [-0.25, -0.2) is 19.0 Å². The largest absolute Gasteiger partial charge is 0.333 e. The molecule has 1 aromatic rings. The second-order valence-electron chi connectivity index (χ2n) is 2.39. The highest BCUT2D eigenvalue weighted by molar-refractivity contribution is 6.67. The summed E-state index contributed by atoms with van der Waals surface area (Å²) in [6, 6.07) is 0. The van der Waals surface area contributed by atoms with Crippen LogP contribution in [0.25, 0.3) is 0 Å². The van der Waals surface area contributed by atoms with E-state index in [1.807, 2.05) is 9.97 Å². The lowest BCUT2D eigenvalue weighted by Gasteiger charge is -2.10. The van der Waals surface area contributed by atoms with E-state index in [2.05, 4.69) is 0 Å². The Kier molecular flexibility index (Phi) is 3.08. The number of aromatic nitrogens is 3. The second kappa shape index (κ2) is 3.80. The van der Waals surface area contributed by atoms with E-state index in [1.165, 1.54) is 0 Å². The number of rotatable bonds is 1. The zero-order valence-corrected chi connectivity index (χ0v) is 8.78. The molecular weight excluding hydrogens is 256 g/mol. The Morgan fingerprint density at radius 3 is 1.86 bits per heavy atom. The first-order valence-electron chi connectivity index (χ1n) is 3.30. The second-order valence-corrected chi connectivity index (χ2v) is 4.91. The predicted octanol–water partition coefficient (Wildman–Crippen LogP) is -0.405. The number of aromatic amines is 2. The molecule has 0 spiro atoms. The summed E-state index contributed by atoms with van der Waals surface area (Å²) in [5.74, 6) is 0. The number of halogens is 3. The molecule has 0 radical (unpaired) electrons. The van der Waals surface area contributed by atoms with Gasteiger partial charge >= 0.3 is 17.1 Å². The molecule has 0 saturated carbocycles. The van der Waals surface area contributed by atoms with Crippen LogP contribution in [-0.2, 0) is 6.54 Å². The summed E-state index contributed by atoms with van der Waals surface area (Å²) < 4.78 is -1.20. The molecule has 1 rings (SSSR count). The summed E-state index contributed by atoms with van der Waals surface area (Å²) in [4.78, 5) is 36.4. The first-order chi connectivity index (χ1) is 6.29. The standard InChI is InChI=1S/C5H4Cl3N3O3/c6-5(7,8)1-11-3(13)9-2(12)10-4(11)14/h1H2,(H2,9,10,12,13,14). The van der Waals surface area contributed by atoms with E-state index < -0.39 is 27.4 Å². The van der Waals surface area contributed by atoms with Gasteiger partial charge in [-0.15, -0.1) is 0 Å². The first kappa shape index (κ1) is 11.4. The molecule has 0 amide bonds. The average molecular weight is 260 g/mol. The Hall–Kier alpha value is -0.720. The van der Waals surface area contributed by atoms with Crippen LogP contribution in [0.4, 0.5) is 0 Å². The molecule has 0 unspecified atom stereocenters. The van der Waals surface area contributed by atoms with Gasteiger partial charge in [0.2, 0.25) is 3.79 Å². The molecule has 0 aliphatic heterocycles. The van der Waals surface area contributed by atoms with Gasteiger partial charge in [0.1, 0.15) is 0 Å². The zero-order chi connectivity index (χ0) is 10.9. The Morgan fingerprint density at radius 1 is 1.07 bits per heavy atom. The van der Waals surface area contributed by atoms with Crippen LogP contribution in [0.1, 0.15) is 0 Å². The van der Waals surface area contributed by atoms with Gasteiger partial charge in [-0.2, -0.15) is 0 Å². The minimum absolute atomic E-state index is 0.442. The highest BCUT2D eigenvalue weighted by atomic mass is 35.6. The SMILES string of the molecule is O=c1[nH]c(=O)n(CC(Cl)(Cl)Cl)c(=O)[nH]1. The summed E-state index contributed by atoms with van der Waals surface area (Å²) in [7, 11) is 0. The van der Waals surface area contributed by atoms with Crippen LogP contribution in [-0.4, -0.2) is 18.3 Å². The van der Waals surface area contributed by atoms with Crippen molar-refractivity contribution in [2.45, 2.75) is 10.3 Å². The van der Waals surface area contributed by atoms with Crippen molar-refractivity contribution in [2.75, 3.05) is 0 Å². The summed E-state index contributed by atoms with van der Waals surface area (Å²) in [6.45, 7) is -0.442. The van der Waals surface area contributed by atoms with Crippen LogP contribution in [0.2, 0.25) is 0 Å². The molecule has 78 valence electrons. The number of nitrogens with one attached hydrogen (secondary N) is 2. The Bertz CT molecular complexity index is 459. The van der Waals surface area contributed by atoms with Crippen LogP contribution in [0.3, 0.4) is 0 Å². The number of nitrogens with zero attached hydrogens (tertiary/aromatic N) is 1. The van der Waals surface area contributed by atoms with Crippen molar-refractivity contribution in [3.05, 3.63) is 31.5 Å². The monoisotopic (exact) mass is 259 g/mol. The fourth-order valence-corrected chi connectivity index (χ4v) is 1.13. The van der Waals surface area contributed by atoms with Crippen LogP contribution in [0, 0.1) is 0 Å². The van der Waals surface area contributed by atoms with E-state index in [-0.39, 0.29) is 0 Å². The summed E-state index contributed by atoms with van der Waals surface area (Å²) >= 11 is 16.1. The minimum Gasteiger partial charge on any atom is -0.259 e. The smallest absolute Gasteiger partial charge is 0.259 e. The van der Waals surface area contributed by atoms with E-state index >= 15 is 0 Å². The van der Waals surface area contributed by atoms with Crippen molar-refractivity contribution in [2.24, 2.45) is 0 Å². The van der Waals surface area contributed by atoms with Gasteiger partial charge < -0.3 is 0 Å². The van der Waals surface area contributed by atoms with E-state index in [0.717, 1.165) is 0 Å². The molecule has 9 heteroatoms. The predicted molar refractivity (Wildman–Crippen MR) is 52.2 cm³/mol. The van der Waals surface area contributed by atoms with Crippen molar-refractivity contribution in [3.8, 4) is 0 Å². The lowest BCUT2D eigenvalue weighted by atomic mass is 10.7. The van der Waals surface area contributed by atoms with E-state index in [1.54, 1.807) is 0 Å². The van der Waals surface area contributed by atoms with Crippen molar-refractivity contribution in [1.82, 2.24) is 14.5 Å². The molecule has 0 atom stereocenters. The van der Waals surface area contributed by atoms with Gasteiger partial charge in [-0.1, -0.05) is 34.8 Å². The van der Waals surface area contributed by atoms with E-state index in [4.69, 9.17) is 34.8 Å². The van der Waals surface area contributed by atoms with Crippen LogP contribution < -0.4 is 17.1 Å². The third-order valence-corrected chi connectivity index (χ3v) is 1.63. The first-order valence-corrected chi connectivity index (χ1v) is 4.43. The molecule has 0 bridgehead atoms. The van der Waals surface area contributed by atoms with Crippen LogP contribution >= 0.6 is 34.8 Å². The molecule has 0 saturated heterocycles. The maximum atomic E-state index is 11.1. The lowest BCUT2D eigenvalue weighted by molar-refractivity contribution is 0.605. The third-order valence-electron chi connectivity index (χ3n) is 1.27. The van der Waals surface area contributed by atoms with Crippen molar-refractivity contribution < 1.29 is 0 Å². The van der Waals surface area contributed by atoms with Gasteiger partial charge in [0.05, 0.1) is 6.54 Å². The summed E-state index contributed by atoms with van der Waals surface area (Å²) in [6.07, 6.45) is 0. The van der Waals surface area contributed by atoms with Crippen molar-refractivity contribution in [3.63, 3.8) is 0 Å².